The van der Waals surface area contributed by atoms with Crippen LogP contribution in [0.5, 0.6) is 11.5 Å². The largest absolute Gasteiger partial charge is 0.493 e. The van der Waals surface area contributed by atoms with Crippen LogP contribution in [0, 0.1) is 0 Å². The number of methoxy groups -OCH3 is 2. The molecule has 7 heteroatoms. The number of hydrogen-bond acceptors (Lipinski definition) is 3. The first-order chi connectivity index (χ1) is 13.5. The minimum atomic E-state index is -0.144. The summed E-state index contributed by atoms with van der Waals surface area (Å²) in [4.78, 5) is 14.2. The van der Waals surface area contributed by atoms with Crippen LogP contribution in [0.4, 0.5) is 0 Å². The molecule has 3 rings (SSSR count). The Morgan fingerprint density at radius 3 is 2.39 bits per heavy atom. The van der Waals surface area contributed by atoms with E-state index in [1.54, 1.807) is 12.1 Å². The Bertz CT molecular complexity index is 819. The molecule has 0 radical (unpaired) electrons. The quantitative estimate of drug-likeness (QED) is 0.750. The number of halogens is 2. The Balaban J connectivity index is 1.55. The fourth-order valence-electron chi connectivity index (χ4n) is 3.56. The molecular weight excluding hydrogens is 399 g/mol. The molecule has 2 aromatic carbocycles. The SMILES string of the molecule is COc1cc(C(=O)NC2CC[NH+](Cc3ccc(Cl)cc3)CC2)cc(Cl)c1OC. The predicted octanol–water partition coefficient (Wildman–Crippen LogP) is 2.99. The van der Waals surface area contributed by atoms with Crippen molar-refractivity contribution >= 4 is 29.1 Å². The van der Waals surface area contributed by atoms with Crippen molar-refractivity contribution in [2.24, 2.45) is 0 Å². The van der Waals surface area contributed by atoms with Gasteiger partial charge in [-0.3, -0.25) is 4.79 Å². The average Bonchev–Trinajstić information content (AvgIpc) is 2.70. The number of amides is 1. The molecule has 1 heterocycles. The summed E-state index contributed by atoms with van der Waals surface area (Å²) in [6, 6.07) is 11.4. The zero-order chi connectivity index (χ0) is 20.1. The first kappa shape index (κ1) is 20.8. The number of ether oxygens (including phenoxy) is 2. The minimum Gasteiger partial charge on any atom is -0.493 e. The topological polar surface area (TPSA) is 52.0 Å². The van der Waals surface area contributed by atoms with Gasteiger partial charge in [-0.1, -0.05) is 35.3 Å². The maximum Gasteiger partial charge on any atom is 0.251 e. The molecule has 0 atom stereocenters. The first-order valence-corrected chi connectivity index (χ1v) is 10.1. The monoisotopic (exact) mass is 423 g/mol. The van der Waals surface area contributed by atoms with Crippen LogP contribution in [0.3, 0.4) is 0 Å². The van der Waals surface area contributed by atoms with Crippen molar-refractivity contribution in [2.45, 2.75) is 25.4 Å². The van der Waals surface area contributed by atoms with Gasteiger partial charge in [-0.05, 0) is 24.3 Å². The molecule has 0 unspecified atom stereocenters. The number of quaternary nitrogens is 1. The molecule has 1 aliphatic rings. The van der Waals surface area contributed by atoms with Gasteiger partial charge < -0.3 is 19.7 Å². The van der Waals surface area contributed by atoms with Gasteiger partial charge >= 0.3 is 0 Å². The van der Waals surface area contributed by atoms with Crippen LogP contribution >= 0.6 is 23.2 Å². The van der Waals surface area contributed by atoms with Gasteiger partial charge in [0.1, 0.15) is 6.54 Å². The fraction of sp³-hybridized carbons (Fsp3) is 0.381. The molecule has 0 aliphatic carbocycles. The van der Waals surface area contributed by atoms with Crippen molar-refractivity contribution < 1.29 is 19.2 Å². The van der Waals surface area contributed by atoms with Crippen LogP contribution in [0.25, 0.3) is 0 Å². The van der Waals surface area contributed by atoms with Gasteiger partial charge in [0, 0.05) is 35.0 Å². The summed E-state index contributed by atoms with van der Waals surface area (Å²) in [5.74, 6) is 0.733. The Hall–Kier alpha value is -1.95. The Morgan fingerprint density at radius 2 is 1.79 bits per heavy atom. The highest BCUT2D eigenvalue weighted by Gasteiger charge is 2.24. The molecular formula is C21H25Cl2N2O3+. The maximum absolute atomic E-state index is 12.7. The fourth-order valence-corrected chi connectivity index (χ4v) is 3.97. The van der Waals surface area contributed by atoms with Crippen LogP contribution in [0.2, 0.25) is 10.0 Å². The third-order valence-corrected chi connectivity index (χ3v) is 5.62. The lowest BCUT2D eigenvalue weighted by molar-refractivity contribution is -0.918. The summed E-state index contributed by atoms with van der Waals surface area (Å²) in [6.07, 6.45) is 1.88. The predicted molar refractivity (Wildman–Crippen MR) is 111 cm³/mol. The van der Waals surface area contributed by atoms with Crippen LogP contribution in [-0.2, 0) is 6.54 Å². The van der Waals surface area contributed by atoms with Crippen molar-refractivity contribution in [1.82, 2.24) is 5.32 Å². The van der Waals surface area contributed by atoms with E-state index in [-0.39, 0.29) is 11.9 Å². The van der Waals surface area contributed by atoms with Gasteiger partial charge in [0.05, 0.1) is 32.3 Å². The molecule has 1 aliphatic heterocycles. The summed E-state index contributed by atoms with van der Waals surface area (Å²) in [5, 5.41) is 4.23. The van der Waals surface area contributed by atoms with E-state index in [0.29, 0.717) is 22.1 Å². The van der Waals surface area contributed by atoms with Gasteiger partial charge in [0.25, 0.3) is 5.91 Å². The van der Waals surface area contributed by atoms with Crippen LogP contribution < -0.4 is 19.7 Å². The number of benzene rings is 2. The van der Waals surface area contributed by atoms with E-state index in [1.165, 1.54) is 24.7 Å². The number of carbonyl (C=O) groups excluding carboxylic acids is 1. The van der Waals surface area contributed by atoms with Crippen molar-refractivity contribution in [3.05, 3.63) is 57.6 Å². The highest BCUT2D eigenvalue weighted by molar-refractivity contribution is 6.32. The minimum absolute atomic E-state index is 0.144. The Kier molecular flexibility index (Phi) is 7.05. The van der Waals surface area contributed by atoms with E-state index < -0.39 is 0 Å². The summed E-state index contributed by atoms with van der Waals surface area (Å²) >= 11 is 12.2. The highest BCUT2D eigenvalue weighted by atomic mass is 35.5. The zero-order valence-electron chi connectivity index (χ0n) is 16.1. The first-order valence-electron chi connectivity index (χ1n) is 9.30. The van der Waals surface area contributed by atoms with Gasteiger partial charge in [-0.25, -0.2) is 0 Å². The van der Waals surface area contributed by atoms with Gasteiger partial charge in [-0.15, -0.1) is 0 Å². The van der Waals surface area contributed by atoms with E-state index in [9.17, 15) is 4.79 Å². The highest BCUT2D eigenvalue weighted by Crippen LogP contribution is 2.36. The number of likely N-dealkylation sites (tertiary alicyclic amines) is 1. The molecule has 28 heavy (non-hydrogen) atoms. The standard InChI is InChI=1S/C21H24Cl2N2O3/c1-27-19-12-15(11-18(23)20(19)28-2)21(26)24-17-7-9-25(10-8-17)13-14-3-5-16(22)6-4-14/h3-6,11-12,17H,7-10,13H2,1-2H3,(H,24,26)/p+1. The lowest BCUT2D eigenvalue weighted by Crippen LogP contribution is -3.12. The van der Waals surface area contributed by atoms with E-state index in [2.05, 4.69) is 17.4 Å². The zero-order valence-corrected chi connectivity index (χ0v) is 17.6. The number of carbonyl (C=O) groups is 1. The molecule has 0 saturated carbocycles. The van der Waals surface area contributed by atoms with E-state index >= 15 is 0 Å². The van der Waals surface area contributed by atoms with Crippen molar-refractivity contribution in [3.63, 3.8) is 0 Å². The maximum atomic E-state index is 12.7. The van der Waals surface area contributed by atoms with E-state index in [4.69, 9.17) is 32.7 Å². The van der Waals surface area contributed by atoms with Crippen LogP contribution in [-0.4, -0.2) is 39.3 Å². The van der Waals surface area contributed by atoms with Crippen LogP contribution in [0.15, 0.2) is 36.4 Å². The normalized spacial score (nSPS) is 19.1. The third kappa shape index (κ3) is 5.10. The molecule has 5 nitrogen and oxygen atoms in total. The molecule has 1 fully saturated rings. The molecule has 1 saturated heterocycles. The van der Waals surface area contributed by atoms with Crippen molar-refractivity contribution in [1.29, 1.82) is 0 Å². The summed E-state index contributed by atoms with van der Waals surface area (Å²) < 4.78 is 10.5. The lowest BCUT2D eigenvalue weighted by atomic mass is 10.0. The molecule has 2 aromatic rings. The van der Waals surface area contributed by atoms with E-state index in [0.717, 1.165) is 37.5 Å². The lowest BCUT2D eigenvalue weighted by Gasteiger charge is -2.30. The second kappa shape index (κ2) is 9.50. The summed E-state index contributed by atoms with van der Waals surface area (Å²) in [6.45, 7) is 3.00. The summed E-state index contributed by atoms with van der Waals surface area (Å²) in [5.41, 5.74) is 1.75. The molecule has 1 amide bonds. The smallest absolute Gasteiger partial charge is 0.251 e. The summed E-state index contributed by atoms with van der Waals surface area (Å²) in [7, 11) is 3.04. The number of piperidine rings is 1. The van der Waals surface area contributed by atoms with Gasteiger partial charge in [-0.2, -0.15) is 0 Å². The molecule has 0 bridgehead atoms. The second-order valence-electron chi connectivity index (χ2n) is 6.99. The second-order valence-corrected chi connectivity index (χ2v) is 7.84. The van der Waals surface area contributed by atoms with Crippen LogP contribution in [0.1, 0.15) is 28.8 Å². The third-order valence-electron chi connectivity index (χ3n) is 5.09. The Morgan fingerprint density at radius 1 is 1.11 bits per heavy atom. The molecule has 2 N–H and O–H groups in total. The van der Waals surface area contributed by atoms with Gasteiger partial charge in [0.2, 0.25) is 0 Å². The molecule has 150 valence electrons. The van der Waals surface area contributed by atoms with Crippen molar-refractivity contribution in [3.8, 4) is 11.5 Å². The molecule has 0 aromatic heterocycles. The molecule has 0 spiro atoms. The number of hydrogen-bond donors (Lipinski definition) is 2. The number of nitrogens with one attached hydrogen (secondary N) is 2. The number of rotatable bonds is 6. The van der Waals surface area contributed by atoms with Crippen molar-refractivity contribution in [2.75, 3.05) is 27.3 Å². The van der Waals surface area contributed by atoms with E-state index in [1.807, 2.05) is 12.1 Å². The van der Waals surface area contributed by atoms with Gasteiger partial charge in [0.15, 0.2) is 11.5 Å². The average molecular weight is 424 g/mol. The Labute approximate surface area is 175 Å².